The van der Waals surface area contributed by atoms with Gasteiger partial charge in [0.05, 0.1) is 13.5 Å². The van der Waals surface area contributed by atoms with Crippen LogP contribution in [0.4, 0.5) is 11.4 Å². The topological polar surface area (TPSA) is 48.1 Å². The molecular formula is C37H42N4O2. The number of amides is 1. The molecule has 1 fully saturated rings. The highest BCUT2D eigenvalue weighted by atomic mass is 16.5. The number of nitrogens with one attached hydrogen (secondary N) is 1. The minimum Gasteiger partial charge on any atom is -0.496 e. The van der Waals surface area contributed by atoms with E-state index in [-0.39, 0.29) is 11.8 Å². The number of anilines is 2. The van der Waals surface area contributed by atoms with Crippen molar-refractivity contribution in [2.75, 3.05) is 63.6 Å². The summed E-state index contributed by atoms with van der Waals surface area (Å²) in [5, 5.41) is 3.63. The van der Waals surface area contributed by atoms with Crippen molar-refractivity contribution in [2.24, 2.45) is 0 Å². The molecule has 2 heterocycles. The van der Waals surface area contributed by atoms with Crippen LogP contribution in [0, 0.1) is 0 Å². The van der Waals surface area contributed by atoms with E-state index in [0.717, 1.165) is 56.1 Å². The van der Waals surface area contributed by atoms with Gasteiger partial charge >= 0.3 is 0 Å². The predicted octanol–water partition coefficient (Wildman–Crippen LogP) is 5.82. The van der Waals surface area contributed by atoms with Gasteiger partial charge in [0.2, 0.25) is 5.91 Å². The summed E-state index contributed by atoms with van der Waals surface area (Å²) in [5.41, 5.74) is 8.43. The van der Waals surface area contributed by atoms with Crippen molar-refractivity contribution in [3.8, 4) is 5.75 Å². The first-order valence-corrected chi connectivity index (χ1v) is 15.4. The van der Waals surface area contributed by atoms with Gasteiger partial charge in [0.25, 0.3) is 0 Å². The Morgan fingerprint density at radius 3 is 2.07 bits per heavy atom. The molecule has 6 nitrogen and oxygen atoms in total. The molecule has 0 spiro atoms. The van der Waals surface area contributed by atoms with Crippen LogP contribution in [0.3, 0.4) is 0 Å². The maximum Gasteiger partial charge on any atom is 0.227 e. The van der Waals surface area contributed by atoms with Gasteiger partial charge in [-0.15, -0.1) is 0 Å². The summed E-state index contributed by atoms with van der Waals surface area (Å²) in [4.78, 5) is 20.4. The number of ether oxygens (including phenoxy) is 1. The van der Waals surface area contributed by atoms with Gasteiger partial charge in [-0.3, -0.25) is 4.79 Å². The fraction of sp³-hybridized carbons (Fsp3) is 0.324. The van der Waals surface area contributed by atoms with E-state index in [2.05, 4.69) is 119 Å². The first-order valence-electron chi connectivity index (χ1n) is 15.4. The number of rotatable bonds is 9. The number of likely N-dealkylation sites (N-methyl/N-ethyl adjacent to an activating group) is 1. The molecule has 4 aromatic carbocycles. The smallest absolute Gasteiger partial charge is 0.227 e. The maximum absolute atomic E-state index is 13.5. The van der Waals surface area contributed by atoms with E-state index < -0.39 is 0 Å². The number of piperazine rings is 1. The second kappa shape index (κ2) is 13.3. The third kappa shape index (κ3) is 6.70. The fourth-order valence-electron chi connectivity index (χ4n) is 6.42. The Hall–Kier alpha value is -4.29. The highest BCUT2D eigenvalue weighted by Crippen LogP contribution is 2.36. The molecule has 0 aliphatic carbocycles. The summed E-state index contributed by atoms with van der Waals surface area (Å²) in [5.74, 6) is 1.36. The first kappa shape index (κ1) is 28.8. The molecular weight excluding hydrogens is 532 g/mol. The van der Waals surface area contributed by atoms with Gasteiger partial charge in [-0.2, -0.15) is 0 Å². The lowest BCUT2D eigenvalue weighted by Crippen LogP contribution is -2.45. The summed E-state index contributed by atoms with van der Waals surface area (Å²) < 4.78 is 5.72. The van der Waals surface area contributed by atoms with Crippen LogP contribution in [0.15, 0.2) is 97.1 Å². The Labute approximate surface area is 255 Å². The van der Waals surface area contributed by atoms with Crippen LogP contribution in [0.2, 0.25) is 0 Å². The second-order valence-corrected chi connectivity index (χ2v) is 11.7. The Morgan fingerprint density at radius 1 is 0.791 bits per heavy atom. The van der Waals surface area contributed by atoms with Gasteiger partial charge in [-0.25, -0.2) is 0 Å². The molecule has 0 bridgehead atoms. The Bertz CT molecular complexity index is 1460. The molecule has 222 valence electrons. The molecule has 2 aliphatic rings. The molecule has 0 saturated carbocycles. The molecule has 4 aromatic rings. The lowest BCUT2D eigenvalue weighted by atomic mass is 9.91. The number of hydrogen-bond acceptors (Lipinski definition) is 5. The monoisotopic (exact) mass is 574 g/mol. The van der Waals surface area contributed by atoms with Gasteiger partial charge in [0.1, 0.15) is 5.75 Å². The van der Waals surface area contributed by atoms with Crippen LogP contribution in [0.5, 0.6) is 5.75 Å². The standard InChI is InChI=1S/C37H42N4O2/c1-39-21-23-40(24-22-39)35-17-18-36(43-2)32-19-20-41(27-34(32)35)37(42)25-28-13-15-31(16-14-28)38-26-33(29-9-5-3-6-10-29)30-11-7-4-8-12-30/h3-18,33,38H,19-27H2,1-2H3. The van der Waals surface area contributed by atoms with E-state index in [1.54, 1.807) is 7.11 Å². The molecule has 6 rings (SSSR count). The van der Waals surface area contributed by atoms with Gasteiger partial charge < -0.3 is 24.8 Å². The molecule has 1 amide bonds. The van der Waals surface area contributed by atoms with Crippen LogP contribution in [0.25, 0.3) is 0 Å². The molecule has 1 N–H and O–H groups in total. The lowest BCUT2D eigenvalue weighted by Gasteiger charge is -2.38. The van der Waals surface area contributed by atoms with Crippen molar-refractivity contribution >= 4 is 17.3 Å². The van der Waals surface area contributed by atoms with Gasteiger partial charge in [-0.05, 0) is 54.4 Å². The van der Waals surface area contributed by atoms with E-state index in [1.165, 1.54) is 27.9 Å². The number of fused-ring (bicyclic) bond motifs is 1. The van der Waals surface area contributed by atoms with Crippen molar-refractivity contribution in [3.05, 3.63) is 125 Å². The lowest BCUT2D eigenvalue weighted by molar-refractivity contribution is -0.131. The van der Waals surface area contributed by atoms with Gasteiger partial charge in [-0.1, -0.05) is 72.8 Å². The van der Waals surface area contributed by atoms with Crippen molar-refractivity contribution in [1.82, 2.24) is 9.80 Å². The largest absolute Gasteiger partial charge is 0.496 e. The quantitative estimate of drug-likeness (QED) is 0.273. The highest BCUT2D eigenvalue weighted by Gasteiger charge is 2.28. The van der Waals surface area contributed by atoms with Crippen LogP contribution < -0.4 is 15.0 Å². The van der Waals surface area contributed by atoms with E-state index in [0.29, 0.717) is 19.5 Å². The third-order valence-corrected chi connectivity index (χ3v) is 8.98. The van der Waals surface area contributed by atoms with Crippen molar-refractivity contribution in [3.63, 3.8) is 0 Å². The minimum atomic E-state index is 0.173. The predicted molar refractivity (Wildman–Crippen MR) is 175 cm³/mol. The molecule has 0 unspecified atom stereocenters. The molecule has 0 radical (unpaired) electrons. The van der Waals surface area contributed by atoms with Crippen molar-refractivity contribution in [1.29, 1.82) is 0 Å². The minimum absolute atomic E-state index is 0.173. The van der Waals surface area contributed by atoms with E-state index >= 15 is 0 Å². The molecule has 6 heteroatoms. The van der Waals surface area contributed by atoms with E-state index in [4.69, 9.17) is 4.74 Å². The van der Waals surface area contributed by atoms with Gasteiger partial charge in [0, 0.05) is 74.2 Å². The second-order valence-electron chi connectivity index (χ2n) is 11.7. The average Bonchev–Trinajstić information content (AvgIpc) is 3.06. The SMILES string of the molecule is COc1ccc(N2CCN(C)CC2)c2c1CCN(C(=O)Cc1ccc(NCC(c3ccccc3)c3ccccc3)cc1)C2. The van der Waals surface area contributed by atoms with E-state index in [1.807, 2.05) is 4.90 Å². The number of carbonyl (C=O) groups excluding carboxylic acids is 1. The molecule has 1 saturated heterocycles. The summed E-state index contributed by atoms with van der Waals surface area (Å²) in [6.45, 7) is 6.24. The molecule has 43 heavy (non-hydrogen) atoms. The van der Waals surface area contributed by atoms with E-state index in [9.17, 15) is 4.79 Å². The Kier molecular flexibility index (Phi) is 8.94. The van der Waals surface area contributed by atoms with Crippen LogP contribution in [-0.2, 0) is 24.2 Å². The molecule has 2 aliphatic heterocycles. The summed E-state index contributed by atoms with van der Waals surface area (Å²) in [7, 11) is 3.92. The molecule has 0 aromatic heterocycles. The average molecular weight is 575 g/mol. The number of carbonyl (C=O) groups is 1. The number of nitrogens with zero attached hydrogens (tertiary/aromatic N) is 3. The summed E-state index contributed by atoms with van der Waals surface area (Å²) in [6.07, 6.45) is 1.22. The summed E-state index contributed by atoms with van der Waals surface area (Å²) in [6, 6.07) is 33.9. The highest BCUT2D eigenvalue weighted by molar-refractivity contribution is 5.80. The zero-order valence-corrected chi connectivity index (χ0v) is 25.3. The summed E-state index contributed by atoms with van der Waals surface area (Å²) >= 11 is 0. The van der Waals surface area contributed by atoms with Gasteiger partial charge in [0.15, 0.2) is 0 Å². The van der Waals surface area contributed by atoms with Crippen molar-refractivity contribution in [2.45, 2.75) is 25.3 Å². The Balaban J connectivity index is 1.10. The fourth-order valence-corrected chi connectivity index (χ4v) is 6.42. The maximum atomic E-state index is 13.5. The van der Waals surface area contributed by atoms with Crippen molar-refractivity contribution < 1.29 is 9.53 Å². The molecule has 0 atom stereocenters. The third-order valence-electron chi connectivity index (χ3n) is 8.98. The normalized spacial score (nSPS) is 15.3. The van der Waals surface area contributed by atoms with Crippen LogP contribution in [0.1, 0.15) is 33.7 Å². The first-order chi connectivity index (χ1) is 21.1. The Morgan fingerprint density at radius 2 is 1.44 bits per heavy atom. The number of methoxy groups -OCH3 is 1. The van der Waals surface area contributed by atoms with Crippen LogP contribution >= 0.6 is 0 Å². The number of benzene rings is 4. The van der Waals surface area contributed by atoms with Crippen LogP contribution in [-0.4, -0.2) is 69.1 Å². The zero-order chi connectivity index (χ0) is 29.6. The zero-order valence-electron chi connectivity index (χ0n) is 25.3. The number of hydrogen-bond donors (Lipinski definition) is 1.